The average Bonchev–Trinajstić information content (AvgIpc) is 3.03. The molecule has 0 aliphatic carbocycles. The molecule has 1 aromatic carbocycles. The molecule has 0 atom stereocenters. The van der Waals surface area contributed by atoms with Gasteiger partial charge in [-0.3, -0.25) is 4.99 Å². The van der Waals surface area contributed by atoms with E-state index < -0.39 is 0 Å². The second-order valence-corrected chi connectivity index (χ2v) is 6.03. The zero-order chi connectivity index (χ0) is 16.1. The SMILES string of the molecule is CCc1nc(CCN=C(N)Nc2ccc3c(c2)OCCO3)cs1. The van der Waals surface area contributed by atoms with Gasteiger partial charge in [0.05, 0.1) is 10.7 Å². The number of thiazole rings is 1. The number of hydrogen-bond acceptors (Lipinski definition) is 5. The van der Waals surface area contributed by atoms with Crippen LogP contribution in [0.15, 0.2) is 28.6 Å². The Bertz CT molecular complexity index is 699. The Morgan fingerprint density at radius 3 is 2.96 bits per heavy atom. The summed E-state index contributed by atoms with van der Waals surface area (Å²) in [6.45, 7) is 3.86. The first kappa shape index (κ1) is 15.6. The van der Waals surface area contributed by atoms with Crippen LogP contribution in [0.1, 0.15) is 17.6 Å². The number of benzene rings is 1. The van der Waals surface area contributed by atoms with Crippen LogP contribution in [0, 0.1) is 0 Å². The summed E-state index contributed by atoms with van der Waals surface area (Å²) < 4.78 is 11.0. The van der Waals surface area contributed by atoms with E-state index in [0.29, 0.717) is 25.7 Å². The highest BCUT2D eigenvalue weighted by atomic mass is 32.1. The Balaban J connectivity index is 1.54. The van der Waals surface area contributed by atoms with Crippen LogP contribution in [-0.2, 0) is 12.8 Å². The fourth-order valence-electron chi connectivity index (χ4n) is 2.23. The summed E-state index contributed by atoms with van der Waals surface area (Å²) in [5.41, 5.74) is 7.83. The zero-order valence-electron chi connectivity index (χ0n) is 13.0. The topological polar surface area (TPSA) is 81.8 Å². The molecular weight excluding hydrogens is 312 g/mol. The molecule has 0 saturated heterocycles. The molecule has 6 nitrogen and oxygen atoms in total. The lowest BCUT2D eigenvalue weighted by Crippen LogP contribution is -2.23. The van der Waals surface area contributed by atoms with Crippen LogP contribution >= 0.6 is 11.3 Å². The van der Waals surface area contributed by atoms with E-state index >= 15 is 0 Å². The molecule has 1 aromatic heterocycles. The van der Waals surface area contributed by atoms with Gasteiger partial charge in [-0.05, 0) is 18.6 Å². The minimum absolute atomic E-state index is 0.382. The number of aliphatic imine (C=N–C) groups is 1. The molecule has 23 heavy (non-hydrogen) atoms. The van der Waals surface area contributed by atoms with Crippen molar-refractivity contribution in [2.45, 2.75) is 19.8 Å². The smallest absolute Gasteiger partial charge is 0.193 e. The second-order valence-electron chi connectivity index (χ2n) is 5.09. The highest BCUT2D eigenvalue weighted by Gasteiger charge is 2.11. The van der Waals surface area contributed by atoms with Crippen LogP contribution in [-0.4, -0.2) is 30.7 Å². The Labute approximate surface area is 139 Å². The van der Waals surface area contributed by atoms with Gasteiger partial charge in [0.1, 0.15) is 13.2 Å². The van der Waals surface area contributed by atoms with E-state index in [0.717, 1.165) is 40.7 Å². The van der Waals surface area contributed by atoms with Crippen LogP contribution in [0.3, 0.4) is 0 Å². The molecule has 0 saturated carbocycles. The molecule has 2 aromatic rings. The maximum Gasteiger partial charge on any atom is 0.193 e. The lowest BCUT2D eigenvalue weighted by atomic mass is 10.2. The highest BCUT2D eigenvalue weighted by Crippen LogP contribution is 2.32. The van der Waals surface area contributed by atoms with E-state index in [-0.39, 0.29) is 0 Å². The standard InChI is InChI=1S/C16H20N4O2S/c1-2-15-19-12(10-23-15)5-6-18-16(17)20-11-3-4-13-14(9-11)22-8-7-21-13/h3-4,9-10H,2,5-8H2,1H3,(H3,17,18,20). The number of nitrogens with zero attached hydrogens (tertiary/aromatic N) is 2. The molecule has 7 heteroatoms. The molecule has 122 valence electrons. The van der Waals surface area contributed by atoms with Crippen molar-refractivity contribution in [1.82, 2.24) is 4.98 Å². The van der Waals surface area contributed by atoms with Gasteiger partial charge in [-0.15, -0.1) is 11.3 Å². The molecule has 0 fully saturated rings. The summed E-state index contributed by atoms with van der Waals surface area (Å²) >= 11 is 1.69. The fraction of sp³-hybridized carbons (Fsp3) is 0.375. The second kappa shape index (κ2) is 7.32. The van der Waals surface area contributed by atoms with Gasteiger partial charge < -0.3 is 20.5 Å². The lowest BCUT2D eigenvalue weighted by molar-refractivity contribution is 0.171. The quantitative estimate of drug-likeness (QED) is 0.649. The first-order chi connectivity index (χ1) is 11.2. The summed E-state index contributed by atoms with van der Waals surface area (Å²) in [5.74, 6) is 1.86. The number of aromatic nitrogens is 1. The Kier molecular flexibility index (Phi) is 4.97. The molecule has 0 radical (unpaired) electrons. The van der Waals surface area contributed by atoms with Crippen LogP contribution in [0.25, 0.3) is 0 Å². The molecule has 1 aliphatic rings. The summed E-state index contributed by atoms with van der Waals surface area (Å²) in [7, 11) is 0. The van der Waals surface area contributed by atoms with Gasteiger partial charge in [0.2, 0.25) is 0 Å². The molecule has 0 unspecified atom stereocenters. The summed E-state index contributed by atoms with van der Waals surface area (Å²) in [5, 5.41) is 6.31. The minimum Gasteiger partial charge on any atom is -0.486 e. The first-order valence-electron chi connectivity index (χ1n) is 7.64. The zero-order valence-corrected chi connectivity index (χ0v) is 13.9. The van der Waals surface area contributed by atoms with E-state index in [2.05, 4.69) is 27.6 Å². The van der Waals surface area contributed by atoms with Crippen LogP contribution in [0.2, 0.25) is 0 Å². The van der Waals surface area contributed by atoms with E-state index in [1.165, 1.54) is 0 Å². The number of ether oxygens (including phenoxy) is 2. The summed E-state index contributed by atoms with van der Waals surface area (Å²) in [6.07, 6.45) is 1.77. The van der Waals surface area contributed by atoms with Crippen LogP contribution < -0.4 is 20.5 Å². The summed E-state index contributed by atoms with van der Waals surface area (Å²) in [6, 6.07) is 5.63. The van der Waals surface area contributed by atoms with E-state index in [9.17, 15) is 0 Å². The lowest BCUT2D eigenvalue weighted by Gasteiger charge is -2.19. The number of aryl methyl sites for hydroxylation is 1. The normalized spacial score (nSPS) is 13.9. The fourth-order valence-corrected chi connectivity index (χ4v) is 3.00. The highest BCUT2D eigenvalue weighted by molar-refractivity contribution is 7.09. The number of guanidine groups is 1. The van der Waals surface area contributed by atoms with Crippen LogP contribution in [0.4, 0.5) is 5.69 Å². The van der Waals surface area contributed by atoms with Crippen molar-refractivity contribution in [2.75, 3.05) is 25.1 Å². The number of fused-ring (bicyclic) bond motifs is 1. The van der Waals surface area contributed by atoms with E-state index in [1.54, 1.807) is 11.3 Å². The molecule has 1 aliphatic heterocycles. The van der Waals surface area contributed by atoms with Crippen molar-refractivity contribution >= 4 is 23.0 Å². The molecule has 3 N–H and O–H groups in total. The minimum atomic E-state index is 0.382. The number of nitrogens with one attached hydrogen (secondary N) is 1. The Morgan fingerprint density at radius 2 is 2.17 bits per heavy atom. The largest absolute Gasteiger partial charge is 0.486 e. The third-order valence-corrected chi connectivity index (χ3v) is 4.41. The van der Waals surface area contributed by atoms with Gasteiger partial charge in [-0.1, -0.05) is 6.92 Å². The molecular formula is C16H20N4O2S. The molecule has 0 spiro atoms. The van der Waals surface area contributed by atoms with Crippen molar-refractivity contribution in [2.24, 2.45) is 10.7 Å². The van der Waals surface area contributed by atoms with Gasteiger partial charge in [0.25, 0.3) is 0 Å². The van der Waals surface area contributed by atoms with Gasteiger partial charge in [0, 0.05) is 30.1 Å². The van der Waals surface area contributed by atoms with Crippen molar-refractivity contribution < 1.29 is 9.47 Å². The predicted octanol–water partition coefficient (Wildman–Crippen LogP) is 2.45. The maximum atomic E-state index is 5.93. The maximum absolute atomic E-state index is 5.93. The third kappa shape index (κ3) is 4.13. The number of hydrogen-bond donors (Lipinski definition) is 2. The predicted molar refractivity (Wildman–Crippen MR) is 92.7 cm³/mol. The van der Waals surface area contributed by atoms with Gasteiger partial charge >= 0.3 is 0 Å². The van der Waals surface area contributed by atoms with Gasteiger partial charge in [0.15, 0.2) is 17.5 Å². The first-order valence-corrected chi connectivity index (χ1v) is 8.52. The third-order valence-electron chi connectivity index (χ3n) is 3.37. The van der Waals surface area contributed by atoms with Crippen LogP contribution in [0.5, 0.6) is 11.5 Å². The number of nitrogens with two attached hydrogens (primary N) is 1. The molecule has 3 rings (SSSR count). The van der Waals surface area contributed by atoms with E-state index in [4.69, 9.17) is 15.2 Å². The Hall–Kier alpha value is -2.28. The average molecular weight is 332 g/mol. The monoisotopic (exact) mass is 332 g/mol. The van der Waals surface area contributed by atoms with Crippen molar-refractivity contribution in [3.8, 4) is 11.5 Å². The van der Waals surface area contributed by atoms with Gasteiger partial charge in [-0.25, -0.2) is 4.98 Å². The van der Waals surface area contributed by atoms with Gasteiger partial charge in [-0.2, -0.15) is 0 Å². The molecule has 0 amide bonds. The number of anilines is 1. The Morgan fingerprint density at radius 1 is 1.35 bits per heavy atom. The molecule has 0 bridgehead atoms. The molecule has 2 heterocycles. The van der Waals surface area contributed by atoms with Crippen molar-refractivity contribution in [3.63, 3.8) is 0 Å². The summed E-state index contributed by atoms with van der Waals surface area (Å²) in [4.78, 5) is 8.85. The van der Waals surface area contributed by atoms with Crippen molar-refractivity contribution in [1.29, 1.82) is 0 Å². The van der Waals surface area contributed by atoms with E-state index in [1.807, 2.05) is 18.2 Å². The van der Waals surface area contributed by atoms with Crippen molar-refractivity contribution in [3.05, 3.63) is 34.3 Å². The number of rotatable bonds is 5.